The highest BCUT2D eigenvalue weighted by Crippen LogP contribution is 2.65. The second-order valence-corrected chi connectivity index (χ2v) is 8.04. The Labute approximate surface area is 141 Å². The third-order valence-corrected chi connectivity index (χ3v) is 6.72. The lowest BCUT2D eigenvalue weighted by Crippen LogP contribution is -2.50. The molecule has 4 aliphatic carbocycles. The van der Waals surface area contributed by atoms with Gasteiger partial charge in [0.1, 0.15) is 0 Å². The Morgan fingerprint density at radius 2 is 1.58 bits per heavy atom. The Bertz CT molecular complexity index is 603. The summed E-state index contributed by atoms with van der Waals surface area (Å²) in [5, 5.41) is 1.04. The maximum Gasteiger partial charge on any atom is 0.253 e. The molecule has 2 aliphatic heterocycles. The molecule has 2 saturated carbocycles. The highest BCUT2D eigenvalue weighted by atomic mass is 16.2. The van der Waals surface area contributed by atoms with Gasteiger partial charge in [0.05, 0.1) is 18.4 Å². The number of rotatable bonds is 3. The fourth-order valence-electron chi connectivity index (χ4n) is 5.55. The summed E-state index contributed by atoms with van der Waals surface area (Å²) >= 11 is 0. The van der Waals surface area contributed by atoms with Gasteiger partial charge in [-0.15, -0.1) is 0 Å². The summed E-state index contributed by atoms with van der Waals surface area (Å²) in [6.07, 6.45) is 8.86. The normalized spacial score (nSPS) is 42.9. The van der Waals surface area contributed by atoms with Crippen LogP contribution in [0.4, 0.5) is 0 Å². The van der Waals surface area contributed by atoms with Crippen LogP contribution >= 0.6 is 0 Å². The lowest BCUT2D eigenvalue weighted by atomic mass is 9.63. The van der Waals surface area contributed by atoms with Gasteiger partial charge in [-0.1, -0.05) is 18.6 Å². The lowest BCUT2D eigenvalue weighted by Gasteiger charge is -2.37. The van der Waals surface area contributed by atoms with Gasteiger partial charge >= 0.3 is 0 Å². The van der Waals surface area contributed by atoms with Crippen molar-refractivity contribution in [3.05, 3.63) is 12.2 Å². The molecule has 2 bridgehead atoms. The average molecular weight is 329 g/mol. The smallest absolute Gasteiger partial charge is 0.253 e. The van der Waals surface area contributed by atoms with Crippen LogP contribution in [-0.4, -0.2) is 47.3 Å². The minimum Gasteiger partial charge on any atom is -0.294 e. The lowest BCUT2D eigenvalue weighted by molar-refractivity contribution is -0.149. The third kappa shape index (κ3) is 2.01. The summed E-state index contributed by atoms with van der Waals surface area (Å²) in [6, 6.07) is 0. The topological polar surface area (TPSA) is 69.7 Å². The first-order valence-electron chi connectivity index (χ1n) is 9.23. The molecule has 3 amide bonds. The molecule has 0 aromatic rings. The Morgan fingerprint density at radius 1 is 1.00 bits per heavy atom. The van der Waals surface area contributed by atoms with Crippen molar-refractivity contribution in [2.75, 3.05) is 19.6 Å². The van der Waals surface area contributed by atoms with Gasteiger partial charge in [0.25, 0.3) is 17.7 Å². The highest BCUT2D eigenvalue weighted by Gasteiger charge is 2.67. The van der Waals surface area contributed by atoms with Crippen LogP contribution in [-0.2, 0) is 14.4 Å². The van der Waals surface area contributed by atoms with Crippen molar-refractivity contribution in [3.63, 3.8) is 0 Å². The van der Waals surface area contributed by atoms with Crippen LogP contribution < -0.4 is 5.43 Å². The van der Waals surface area contributed by atoms with Crippen molar-refractivity contribution in [2.45, 2.75) is 25.7 Å². The van der Waals surface area contributed by atoms with Crippen molar-refractivity contribution in [1.82, 2.24) is 15.3 Å². The zero-order valence-corrected chi connectivity index (χ0v) is 13.7. The van der Waals surface area contributed by atoms with Gasteiger partial charge in [0, 0.05) is 0 Å². The molecule has 2 heterocycles. The molecule has 0 aromatic carbocycles. The molecule has 1 N–H and O–H groups in total. The minimum absolute atomic E-state index is 0.193. The number of allylic oxidation sites excluding steroid dienone is 2. The Morgan fingerprint density at radius 3 is 2.17 bits per heavy atom. The number of nitrogens with zero attached hydrogens (tertiary/aromatic N) is 2. The average Bonchev–Trinajstić information content (AvgIpc) is 3.37. The Kier molecular flexibility index (Phi) is 3.14. The van der Waals surface area contributed by atoms with E-state index in [9.17, 15) is 14.4 Å². The molecule has 6 aliphatic rings. The molecule has 6 rings (SSSR count). The molecule has 6 heteroatoms. The van der Waals surface area contributed by atoms with E-state index in [2.05, 4.69) is 22.5 Å². The molecule has 24 heavy (non-hydrogen) atoms. The summed E-state index contributed by atoms with van der Waals surface area (Å²) < 4.78 is 0. The fraction of sp³-hybridized carbons (Fsp3) is 0.722. The molecule has 4 fully saturated rings. The number of carbonyl (C=O) groups is 3. The van der Waals surface area contributed by atoms with Gasteiger partial charge in [-0.05, 0) is 56.0 Å². The molecule has 6 nitrogen and oxygen atoms in total. The van der Waals surface area contributed by atoms with Crippen LogP contribution in [0.15, 0.2) is 12.2 Å². The number of carbonyl (C=O) groups excluding carboxylic acids is 3. The molecule has 2 saturated heterocycles. The molecule has 0 spiro atoms. The van der Waals surface area contributed by atoms with Gasteiger partial charge in [-0.3, -0.25) is 24.7 Å². The zero-order valence-electron chi connectivity index (χ0n) is 13.7. The van der Waals surface area contributed by atoms with Crippen LogP contribution in [0.3, 0.4) is 0 Å². The van der Waals surface area contributed by atoms with Crippen LogP contribution in [0.5, 0.6) is 0 Å². The van der Waals surface area contributed by atoms with E-state index in [1.807, 2.05) is 0 Å². The quantitative estimate of drug-likeness (QED) is 0.607. The van der Waals surface area contributed by atoms with Gasteiger partial charge < -0.3 is 0 Å². The number of amides is 3. The standard InChI is InChI=1S/C18H23N3O3/c22-14(9-20-6-2-1-3-7-20)19-21-17(23)15-10-4-5-11(13-8-12(10)13)16(15)18(21)24/h4-5,10-13,15-16H,1-3,6-9H2,(H,19,22)/t10-,11-,12-,13+,15-,16+/m0/s1. The molecule has 0 radical (unpaired) electrons. The first-order valence-corrected chi connectivity index (χ1v) is 9.23. The van der Waals surface area contributed by atoms with Crippen molar-refractivity contribution in [1.29, 1.82) is 0 Å². The van der Waals surface area contributed by atoms with Crippen LogP contribution in [0.2, 0.25) is 0 Å². The van der Waals surface area contributed by atoms with Crippen molar-refractivity contribution in [3.8, 4) is 0 Å². The number of hydrogen-bond donors (Lipinski definition) is 1. The number of hydrazine groups is 1. The molecule has 128 valence electrons. The van der Waals surface area contributed by atoms with Crippen LogP contribution in [0.25, 0.3) is 0 Å². The largest absolute Gasteiger partial charge is 0.294 e. The van der Waals surface area contributed by atoms with Crippen molar-refractivity contribution < 1.29 is 14.4 Å². The Hall–Kier alpha value is -1.69. The second kappa shape index (κ2) is 5.15. The van der Waals surface area contributed by atoms with E-state index in [0.29, 0.717) is 11.8 Å². The zero-order chi connectivity index (χ0) is 16.4. The number of imide groups is 1. The van der Waals surface area contributed by atoms with E-state index >= 15 is 0 Å². The summed E-state index contributed by atoms with van der Waals surface area (Å²) in [7, 11) is 0. The molecular weight excluding hydrogens is 306 g/mol. The summed E-state index contributed by atoms with van der Waals surface area (Å²) in [5.74, 6) is 0.448. The number of piperidine rings is 1. The molecular formula is C18H23N3O3. The van der Waals surface area contributed by atoms with Gasteiger partial charge in [0.15, 0.2) is 0 Å². The first kappa shape index (κ1) is 14.6. The van der Waals surface area contributed by atoms with Crippen molar-refractivity contribution in [2.24, 2.45) is 35.5 Å². The van der Waals surface area contributed by atoms with Gasteiger partial charge in [-0.2, -0.15) is 5.01 Å². The van der Waals surface area contributed by atoms with E-state index in [1.165, 1.54) is 6.42 Å². The molecule has 6 atom stereocenters. The van der Waals surface area contributed by atoms with Crippen molar-refractivity contribution >= 4 is 17.7 Å². The van der Waals surface area contributed by atoms with Gasteiger partial charge in [0.2, 0.25) is 0 Å². The van der Waals surface area contributed by atoms with Gasteiger partial charge in [-0.25, -0.2) is 0 Å². The van der Waals surface area contributed by atoms with E-state index in [-0.39, 0.29) is 47.9 Å². The van der Waals surface area contributed by atoms with E-state index in [4.69, 9.17) is 0 Å². The minimum atomic E-state index is -0.247. The SMILES string of the molecule is O=C(CN1CCCCC1)NN1C(=O)[C@@H]2[C@H]3C=C[C@@H]([C@@H]4C[C@H]34)[C@@H]2C1=O. The molecule has 0 aromatic heterocycles. The van der Waals surface area contributed by atoms with E-state index in [1.54, 1.807) is 0 Å². The number of likely N-dealkylation sites (tertiary alicyclic amines) is 1. The fourth-order valence-corrected chi connectivity index (χ4v) is 5.55. The monoisotopic (exact) mass is 329 g/mol. The summed E-state index contributed by atoms with van der Waals surface area (Å²) in [6.45, 7) is 2.10. The van der Waals surface area contributed by atoms with E-state index in [0.717, 1.165) is 37.4 Å². The van der Waals surface area contributed by atoms with Crippen LogP contribution in [0.1, 0.15) is 25.7 Å². The number of nitrogens with one attached hydrogen (secondary N) is 1. The highest BCUT2D eigenvalue weighted by molar-refractivity contribution is 6.07. The first-order chi connectivity index (χ1) is 11.6. The summed E-state index contributed by atoms with van der Waals surface area (Å²) in [5.41, 5.74) is 2.61. The maximum absolute atomic E-state index is 12.8. The molecule has 0 unspecified atom stereocenters. The van der Waals surface area contributed by atoms with Crippen LogP contribution in [0, 0.1) is 35.5 Å². The second-order valence-electron chi connectivity index (χ2n) is 8.04. The third-order valence-electron chi connectivity index (χ3n) is 6.72. The summed E-state index contributed by atoms with van der Waals surface area (Å²) in [4.78, 5) is 39.9. The Balaban J connectivity index is 1.29. The predicted molar refractivity (Wildman–Crippen MR) is 85.0 cm³/mol. The van der Waals surface area contributed by atoms with E-state index < -0.39 is 0 Å². The number of hydrogen-bond acceptors (Lipinski definition) is 4. The predicted octanol–water partition coefficient (Wildman–Crippen LogP) is 0.557. The maximum atomic E-state index is 12.8.